The lowest BCUT2D eigenvalue weighted by molar-refractivity contribution is -0.381. The van der Waals surface area contributed by atoms with Crippen molar-refractivity contribution in [3.05, 3.63) is 30.1 Å². The van der Waals surface area contributed by atoms with Gasteiger partial charge in [0, 0.05) is 12.1 Å². The summed E-state index contributed by atoms with van der Waals surface area (Å²) in [7, 11) is 0. The lowest BCUT2D eigenvalue weighted by Crippen LogP contribution is -2.11. The van der Waals surface area contributed by atoms with Crippen LogP contribution in [0, 0.1) is 0 Å². The van der Waals surface area contributed by atoms with Crippen molar-refractivity contribution < 1.29 is 9.78 Å². The second-order valence-electron chi connectivity index (χ2n) is 1.55. The van der Waals surface area contributed by atoms with Crippen LogP contribution in [0.5, 0.6) is 0 Å². The Morgan fingerprint density at radius 1 is 1.56 bits per heavy atom. The predicted molar refractivity (Wildman–Crippen MR) is 33.2 cm³/mol. The molecule has 0 spiro atoms. The van der Waals surface area contributed by atoms with Gasteiger partial charge in [-0.25, -0.2) is 4.98 Å². The molecule has 9 heavy (non-hydrogen) atoms. The van der Waals surface area contributed by atoms with E-state index in [-0.39, 0.29) is 0 Å². The van der Waals surface area contributed by atoms with E-state index in [1.54, 1.807) is 24.4 Å². The van der Waals surface area contributed by atoms with E-state index in [0.717, 1.165) is 0 Å². The summed E-state index contributed by atoms with van der Waals surface area (Å²) in [6, 6.07) is 5.14. The van der Waals surface area contributed by atoms with E-state index in [1.165, 1.54) is 0 Å². The van der Waals surface area contributed by atoms with Crippen LogP contribution in [0.3, 0.4) is 0 Å². The summed E-state index contributed by atoms with van der Waals surface area (Å²) in [5, 5.41) is -0.462. The standard InChI is InChI=1S/C6H4ClNO/c7-6(9)5-3-1-2-4-8-5/h1-4H/p+1. The van der Waals surface area contributed by atoms with E-state index in [1.807, 2.05) is 0 Å². The first-order valence-electron chi connectivity index (χ1n) is 2.47. The topological polar surface area (TPSA) is 31.2 Å². The van der Waals surface area contributed by atoms with Crippen LogP contribution < -0.4 is 4.98 Å². The first kappa shape index (κ1) is 6.23. The SMILES string of the molecule is O=C(Cl)c1cccc[nH+]1. The van der Waals surface area contributed by atoms with Crippen LogP contribution in [-0.2, 0) is 0 Å². The Morgan fingerprint density at radius 3 is 2.67 bits per heavy atom. The highest BCUT2D eigenvalue weighted by Crippen LogP contribution is 1.92. The van der Waals surface area contributed by atoms with Crippen molar-refractivity contribution in [1.29, 1.82) is 0 Å². The Labute approximate surface area is 57.5 Å². The molecule has 2 nitrogen and oxygen atoms in total. The van der Waals surface area contributed by atoms with Gasteiger partial charge >= 0.3 is 5.24 Å². The molecule has 0 aromatic carbocycles. The molecule has 1 heterocycles. The van der Waals surface area contributed by atoms with Crippen molar-refractivity contribution in [2.24, 2.45) is 0 Å². The molecule has 1 rings (SSSR count). The fraction of sp³-hybridized carbons (Fsp3) is 0. The molecule has 3 heteroatoms. The van der Waals surface area contributed by atoms with Crippen LogP contribution >= 0.6 is 11.6 Å². The van der Waals surface area contributed by atoms with Gasteiger partial charge in [-0.1, -0.05) is 0 Å². The maximum atomic E-state index is 10.4. The van der Waals surface area contributed by atoms with Gasteiger partial charge in [0.2, 0.25) is 0 Å². The maximum absolute atomic E-state index is 10.4. The van der Waals surface area contributed by atoms with Crippen LogP contribution in [0.2, 0.25) is 0 Å². The number of carbonyl (C=O) groups excluding carboxylic acids is 1. The maximum Gasteiger partial charge on any atom is 0.316 e. The normalized spacial score (nSPS) is 9.00. The van der Waals surface area contributed by atoms with Gasteiger partial charge in [-0.15, -0.1) is 0 Å². The van der Waals surface area contributed by atoms with E-state index < -0.39 is 5.24 Å². The zero-order chi connectivity index (χ0) is 6.69. The van der Waals surface area contributed by atoms with Gasteiger partial charge in [0.15, 0.2) is 6.20 Å². The van der Waals surface area contributed by atoms with Gasteiger partial charge < -0.3 is 0 Å². The highest BCUT2D eigenvalue weighted by atomic mass is 35.5. The van der Waals surface area contributed by atoms with E-state index in [4.69, 9.17) is 11.6 Å². The molecule has 1 aromatic heterocycles. The molecule has 1 N–H and O–H groups in total. The largest absolute Gasteiger partial charge is 0.316 e. The third-order valence-electron chi connectivity index (χ3n) is 0.921. The zero-order valence-electron chi connectivity index (χ0n) is 4.60. The number of hydrogen-bond acceptors (Lipinski definition) is 1. The second kappa shape index (κ2) is 2.60. The van der Waals surface area contributed by atoms with Crippen LogP contribution in [0.25, 0.3) is 0 Å². The van der Waals surface area contributed by atoms with Crippen molar-refractivity contribution in [3.8, 4) is 0 Å². The molecule has 0 atom stereocenters. The minimum Gasteiger partial charge on any atom is -0.269 e. The number of halogens is 1. The van der Waals surface area contributed by atoms with Crippen molar-refractivity contribution in [1.82, 2.24) is 0 Å². The van der Waals surface area contributed by atoms with Crippen molar-refractivity contribution >= 4 is 16.8 Å². The summed E-state index contributed by atoms with van der Waals surface area (Å²) in [6.45, 7) is 0. The summed E-state index contributed by atoms with van der Waals surface area (Å²) in [5.41, 5.74) is 0.416. The zero-order valence-corrected chi connectivity index (χ0v) is 5.35. The van der Waals surface area contributed by atoms with E-state index >= 15 is 0 Å². The summed E-state index contributed by atoms with van der Waals surface area (Å²) in [6.07, 6.45) is 1.65. The van der Waals surface area contributed by atoms with Gasteiger partial charge in [0.05, 0.1) is 0 Å². The Kier molecular flexibility index (Phi) is 1.80. The van der Waals surface area contributed by atoms with Crippen molar-refractivity contribution in [3.63, 3.8) is 0 Å². The van der Waals surface area contributed by atoms with E-state index in [9.17, 15) is 4.79 Å². The smallest absolute Gasteiger partial charge is 0.269 e. The van der Waals surface area contributed by atoms with Crippen molar-refractivity contribution in [2.45, 2.75) is 0 Å². The van der Waals surface area contributed by atoms with Gasteiger partial charge in [0.1, 0.15) is 0 Å². The number of H-pyrrole nitrogens is 1. The van der Waals surface area contributed by atoms with Gasteiger partial charge in [-0.3, -0.25) is 4.79 Å². The fourth-order valence-corrected chi connectivity index (χ4v) is 0.633. The molecule has 0 amide bonds. The highest BCUT2D eigenvalue weighted by Gasteiger charge is 2.05. The van der Waals surface area contributed by atoms with Gasteiger partial charge in [-0.2, -0.15) is 0 Å². The molecule has 0 saturated carbocycles. The van der Waals surface area contributed by atoms with E-state index in [0.29, 0.717) is 5.69 Å². The Morgan fingerprint density at radius 2 is 2.33 bits per heavy atom. The van der Waals surface area contributed by atoms with Crippen LogP contribution in [-0.4, -0.2) is 5.24 Å². The number of rotatable bonds is 1. The number of aromatic nitrogens is 1. The lowest BCUT2D eigenvalue weighted by Gasteiger charge is -1.79. The number of aromatic amines is 1. The molecule has 46 valence electrons. The average Bonchev–Trinajstić information content (AvgIpc) is 1.90. The van der Waals surface area contributed by atoms with E-state index in [2.05, 4.69) is 4.98 Å². The molecular formula is C6H5ClNO+. The average molecular weight is 143 g/mol. The third-order valence-corrected chi connectivity index (χ3v) is 1.12. The monoisotopic (exact) mass is 142 g/mol. The second-order valence-corrected chi connectivity index (χ2v) is 1.89. The predicted octanol–water partition coefficient (Wildman–Crippen LogP) is 0.880. The molecule has 1 aromatic rings. The molecule has 0 radical (unpaired) electrons. The molecule has 0 aliphatic heterocycles. The fourth-order valence-electron chi connectivity index (χ4n) is 0.516. The third kappa shape index (κ3) is 1.50. The minimum absolute atomic E-state index is 0.416. The molecule has 0 unspecified atom stereocenters. The minimum atomic E-state index is -0.462. The van der Waals surface area contributed by atoms with Gasteiger partial charge in [-0.05, 0) is 17.7 Å². The summed E-state index contributed by atoms with van der Waals surface area (Å²) >= 11 is 5.13. The lowest BCUT2D eigenvalue weighted by atomic mass is 10.4. The molecule has 0 aliphatic carbocycles. The summed E-state index contributed by atoms with van der Waals surface area (Å²) in [4.78, 5) is 13.1. The number of hydrogen-bond donors (Lipinski definition) is 0. The molecular weight excluding hydrogens is 138 g/mol. The molecule has 0 bridgehead atoms. The summed E-state index contributed by atoms with van der Waals surface area (Å²) < 4.78 is 0. The van der Waals surface area contributed by atoms with Crippen LogP contribution in [0.4, 0.5) is 0 Å². The van der Waals surface area contributed by atoms with Crippen LogP contribution in [0.15, 0.2) is 24.4 Å². The molecule has 0 aliphatic rings. The first-order valence-corrected chi connectivity index (χ1v) is 2.85. The number of nitrogens with one attached hydrogen (secondary N) is 1. The van der Waals surface area contributed by atoms with Crippen LogP contribution in [0.1, 0.15) is 10.5 Å². The highest BCUT2D eigenvalue weighted by molar-refractivity contribution is 6.67. The Bertz CT molecular complexity index is 210. The van der Waals surface area contributed by atoms with Crippen molar-refractivity contribution in [2.75, 3.05) is 0 Å². The number of pyridine rings is 1. The first-order chi connectivity index (χ1) is 4.30. The Balaban J connectivity index is 2.98. The van der Waals surface area contributed by atoms with Gasteiger partial charge in [0.25, 0.3) is 5.69 Å². The number of carbonyl (C=O) groups is 1. The molecule has 0 fully saturated rings. The quantitative estimate of drug-likeness (QED) is 0.536. The summed E-state index contributed by atoms with van der Waals surface area (Å²) in [5.74, 6) is 0. The Hall–Kier alpha value is -0.890. The molecule has 0 saturated heterocycles.